The van der Waals surface area contributed by atoms with E-state index >= 15 is 0 Å². The van der Waals surface area contributed by atoms with Crippen molar-refractivity contribution >= 4 is 11.7 Å². The fourth-order valence-corrected chi connectivity index (χ4v) is 2.47. The molecule has 5 heteroatoms. The van der Waals surface area contributed by atoms with Gasteiger partial charge in [-0.1, -0.05) is 32.6 Å². The molecule has 0 aromatic heterocycles. The van der Waals surface area contributed by atoms with E-state index in [9.17, 15) is 4.79 Å². The molecule has 0 unspecified atom stereocenters. The summed E-state index contributed by atoms with van der Waals surface area (Å²) in [5, 5.41) is 10.4. The molecule has 0 radical (unpaired) electrons. The second-order valence-electron chi connectivity index (χ2n) is 6.24. The third-order valence-electron chi connectivity index (χ3n) is 4.25. The number of amides is 1. The number of carbonyl (C=O) groups is 1. The lowest BCUT2D eigenvalue weighted by Crippen LogP contribution is -2.46. The first-order valence-electron chi connectivity index (χ1n) is 8.47. The maximum absolute atomic E-state index is 12.2. The molecular weight excluding hydrogens is 290 g/mol. The lowest BCUT2D eigenvalue weighted by atomic mass is 10.1. The quantitative estimate of drug-likeness (QED) is 0.352. The van der Waals surface area contributed by atoms with Crippen molar-refractivity contribution in [3.63, 3.8) is 0 Å². The molecule has 126 valence electrons. The molecule has 1 aromatic carbocycles. The van der Waals surface area contributed by atoms with E-state index in [2.05, 4.69) is 12.2 Å². The number of hydrogen-bond donors (Lipinski definition) is 3. The molecule has 1 fully saturated rings. The Morgan fingerprint density at radius 3 is 2.43 bits per heavy atom. The molecule has 1 aromatic rings. The SMILES string of the molecule is CCCCCCCOc1ccc(C(=O)NC2(C(=N)N)CC2)cc1. The van der Waals surface area contributed by atoms with Crippen LogP contribution in [0.3, 0.4) is 0 Å². The lowest BCUT2D eigenvalue weighted by molar-refractivity contribution is 0.0943. The molecule has 5 nitrogen and oxygen atoms in total. The Hall–Kier alpha value is -2.04. The average molecular weight is 317 g/mol. The molecule has 4 N–H and O–H groups in total. The summed E-state index contributed by atoms with van der Waals surface area (Å²) in [5.74, 6) is 0.627. The monoisotopic (exact) mass is 317 g/mol. The number of benzene rings is 1. The molecule has 1 amide bonds. The molecule has 0 saturated heterocycles. The van der Waals surface area contributed by atoms with Crippen LogP contribution in [-0.4, -0.2) is 23.9 Å². The molecule has 23 heavy (non-hydrogen) atoms. The third kappa shape index (κ3) is 4.98. The fourth-order valence-electron chi connectivity index (χ4n) is 2.47. The minimum atomic E-state index is -0.606. The van der Waals surface area contributed by atoms with Crippen LogP contribution in [0, 0.1) is 5.41 Å². The molecule has 0 atom stereocenters. The van der Waals surface area contributed by atoms with Crippen molar-refractivity contribution in [1.29, 1.82) is 5.41 Å². The Labute approximate surface area is 138 Å². The number of ether oxygens (including phenoxy) is 1. The van der Waals surface area contributed by atoms with Gasteiger partial charge in [0, 0.05) is 5.56 Å². The predicted octanol–water partition coefficient (Wildman–Crippen LogP) is 3.23. The summed E-state index contributed by atoms with van der Waals surface area (Å²) in [6, 6.07) is 7.12. The minimum Gasteiger partial charge on any atom is -0.494 e. The highest BCUT2D eigenvalue weighted by Gasteiger charge is 2.47. The smallest absolute Gasteiger partial charge is 0.252 e. The highest BCUT2D eigenvalue weighted by molar-refractivity contribution is 6.01. The highest BCUT2D eigenvalue weighted by atomic mass is 16.5. The fraction of sp³-hybridized carbons (Fsp3) is 0.556. The average Bonchev–Trinajstić information content (AvgIpc) is 3.32. The summed E-state index contributed by atoms with van der Waals surface area (Å²) < 4.78 is 5.69. The molecule has 1 saturated carbocycles. The van der Waals surface area contributed by atoms with Crippen molar-refractivity contribution in [2.75, 3.05) is 6.61 Å². The van der Waals surface area contributed by atoms with Crippen molar-refractivity contribution in [3.05, 3.63) is 29.8 Å². The zero-order chi connectivity index (χ0) is 16.7. The van der Waals surface area contributed by atoms with Gasteiger partial charge in [0.15, 0.2) is 0 Å². The lowest BCUT2D eigenvalue weighted by Gasteiger charge is -2.15. The van der Waals surface area contributed by atoms with Crippen molar-refractivity contribution in [1.82, 2.24) is 5.32 Å². The Morgan fingerprint density at radius 2 is 1.87 bits per heavy atom. The van der Waals surface area contributed by atoms with Gasteiger partial charge in [0.05, 0.1) is 12.1 Å². The molecule has 2 rings (SSSR count). The van der Waals surface area contributed by atoms with Crippen molar-refractivity contribution in [3.8, 4) is 5.75 Å². The van der Waals surface area contributed by atoms with Gasteiger partial charge in [-0.05, 0) is 43.5 Å². The molecule has 0 aliphatic heterocycles. The number of nitrogens with two attached hydrogens (primary N) is 1. The van der Waals surface area contributed by atoms with Gasteiger partial charge in [0.25, 0.3) is 5.91 Å². The van der Waals surface area contributed by atoms with Crippen LogP contribution in [0.25, 0.3) is 0 Å². The number of amidine groups is 1. The minimum absolute atomic E-state index is 0.0360. The largest absolute Gasteiger partial charge is 0.494 e. The summed E-state index contributed by atoms with van der Waals surface area (Å²) in [5.41, 5.74) is 5.49. The van der Waals surface area contributed by atoms with Crippen LogP contribution >= 0.6 is 0 Å². The summed E-state index contributed by atoms with van der Waals surface area (Å²) in [6.07, 6.45) is 7.53. The van der Waals surface area contributed by atoms with E-state index in [4.69, 9.17) is 15.9 Å². The highest BCUT2D eigenvalue weighted by Crippen LogP contribution is 2.35. The number of nitrogens with one attached hydrogen (secondary N) is 2. The van der Waals surface area contributed by atoms with Crippen LogP contribution in [0.5, 0.6) is 5.75 Å². The molecule has 1 aliphatic rings. The van der Waals surface area contributed by atoms with E-state index in [-0.39, 0.29) is 11.7 Å². The number of rotatable bonds is 10. The van der Waals surface area contributed by atoms with Gasteiger partial charge in [0.1, 0.15) is 11.6 Å². The second kappa shape index (κ2) is 7.99. The second-order valence-corrected chi connectivity index (χ2v) is 6.24. The van der Waals surface area contributed by atoms with Gasteiger partial charge in [-0.25, -0.2) is 0 Å². The first-order valence-corrected chi connectivity index (χ1v) is 8.47. The van der Waals surface area contributed by atoms with Crippen LogP contribution < -0.4 is 15.8 Å². The molecule has 0 bridgehead atoms. The summed E-state index contributed by atoms with van der Waals surface area (Å²) in [7, 11) is 0. The number of carbonyl (C=O) groups excluding carboxylic acids is 1. The van der Waals surface area contributed by atoms with E-state index in [1.165, 1.54) is 25.7 Å². The summed E-state index contributed by atoms with van der Waals surface area (Å²) in [6.45, 7) is 2.92. The van der Waals surface area contributed by atoms with Gasteiger partial charge in [-0.15, -0.1) is 0 Å². The van der Waals surface area contributed by atoms with Gasteiger partial charge in [0.2, 0.25) is 0 Å². The van der Waals surface area contributed by atoms with Crippen LogP contribution in [0.15, 0.2) is 24.3 Å². The zero-order valence-corrected chi connectivity index (χ0v) is 13.9. The van der Waals surface area contributed by atoms with E-state index in [1.54, 1.807) is 12.1 Å². The predicted molar refractivity (Wildman–Crippen MR) is 92.0 cm³/mol. The maximum Gasteiger partial charge on any atom is 0.252 e. The summed E-state index contributed by atoms with van der Waals surface area (Å²) >= 11 is 0. The Balaban J connectivity index is 1.76. The maximum atomic E-state index is 12.2. The number of hydrogen-bond acceptors (Lipinski definition) is 3. The van der Waals surface area contributed by atoms with Crippen molar-refractivity contribution in [2.24, 2.45) is 5.73 Å². The molecule has 0 spiro atoms. The normalized spacial score (nSPS) is 15.0. The van der Waals surface area contributed by atoms with Gasteiger partial charge < -0.3 is 15.8 Å². The van der Waals surface area contributed by atoms with Crippen molar-refractivity contribution < 1.29 is 9.53 Å². The van der Waals surface area contributed by atoms with Crippen LogP contribution in [-0.2, 0) is 0 Å². The first-order chi connectivity index (χ1) is 11.1. The van der Waals surface area contributed by atoms with E-state index < -0.39 is 5.54 Å². The molecular formula is C18H27N3O2. The third-order valence-corrected chi connectivity index (χ3v) is 4.25. The Bertz CT molecular complexity index is 536. The van der Waals surface area contributed by atoms with Gasteiger partial charge >= 0.3 is 0 Å². The van der Waals surface area contributed by atoms with Crippen LogP contribution in [0.1, 0.15) is 62.2 Å². The standard InChI is InChI=1S/C18H27N3O2/c1-2-3-4-5-6-13-23-15-9-7-14(8-10-15)16(22)21-18(11-12-18)17(19)20/h7-10H,2-6,11-13H2,1H3,(H3,19,20)(H,21,22). The first kappa shape index (κ1) is 17.3. The molecule has 0 heterocycles. The van der Waals surface area contributed by atoms with E-state index in [0.717, 1.165) is 25.0 Å². The Kier molecular flexibility index (Phi) is 6.02. The number of unbranched alkanes of at least 4 members (excludes halogenated alkanes) is 4. The van der Waals surface area contributed by atoms with Crippen LogP contribution in [0.2, 0.25) is 0 Å². The van der Waals surface area contributed by atoms with E-state index in [0.29, 0.717) is 12.2 Å². The topological polar surface area (TPSA) is 88.2 Å². The van der Waals surface area contributed by atoms with E-state index in [1.807, 2.05) is 12.1 Å². The summed E-state index contributed by atoms with van der Waals surface area (Å²) in [4.78, 5) is 12.2. The van der Waals surface area contributed by atoms with Crippen molar-refractivity contribution in [2.45, 2.75) is 57.4 Å². The Morgan fingerprint density at radius 1 is 1.22 bits per heavy atom. The van der Waals surface area contributed by atoms with Gasteiger partial charge in [-0.3, -0.25) is 10.2 Å². The van der Waals surface area contributed by atoms with Crippen LogP contribution in [0.4, 0.5) is 0 Å². The molecule has 1 aliphatic carbocycles. The van der Waals surface area contributed by atoms with Gasteiger partial charge in [-0.2, -0.15) is 0 Å². The zero-order valence-electron chi connectivity index (χ0n) is 13.9.